The largest absolute Gasteiger partial charge is 0.396 e. The van der Waals surface area contributed by atoms with Crippen LogP contribution in [0.1, 0.15) is 13.8 Å². The van der Waals surface area contributed by atoms with E-state index in [0.717, 1.165) is 18.0 Å². The molecule has 0 amide bonds. The van der Waals surface area contributed by atoms with Gasteiger partial charge >= 0.3 is 0 Å². The van der Waals surface area contributed by atoms with Crippen LogP contribution in [-0.4, -0.2) is 23.7 Å². The number of nitrogens with two attached hydrogens (primary N) is 1. The summed E-state index contributed by atoms with van der Waals surface area (Å²) in [4.78, 5) is 6.25. The third-order valence-corrected chi connectivity index (χ3v) is 2.94. The van der Waals surface area contributed by atoms with Gasteiger partial charge < -0.3 is 10.6 Å². The molecule has 1 aromatic rings. The first-order valence-corrected chi connectivity index (χ1v) is 4.89. The van der Waals surface area contributed by atoms with Crippen molar-refractivity contribution < 1.29 is 0 Å². The van der Waals surface area contributed by atoms with Gasteiger partial charge in [0.25, 0.3) is 0 Å². The maximum Gasteiger partial charge on any atom is 0.0738 e. The molecule has 1 aromatic heterocycles. The molecule has 4 nitrogen and oxygen atoms in total. The molecule has 0 aliphatic carbocycles. The van der Waals surface area contributed by atoms with E-state index in [1.54, 1.807) is 12.4 Å². The average Bonchev–Trinajstić information content (AvgIpc) is 2.49. The molecule has 1 aliphatic heterocycles. The first-order chi connectivity index (χ1) is 6.70. The average molecular weight is 192 g/mol. The fraction of sp³-hybridized carbons (Fsp3) is 0.500. The smallest absolute Gasteiger partial charge is 0.0738 e. The normalized spacial score (nSPS) is 26.9. The molecular weight excluding hydrogens is 176 g/mol. The lowest BCUT2D eigenvalue weighted by Crippen LogP contribution is -2.31. The second kappa shape index (κ2) is 3.46. The Labute approximate surface area is 84.1 Å². The molecule has 2 heterocycles. The van der Waals surface area contributed by atoms with E-state index < -0.39 is 0 Å². The van der Waals surface area contributed by atoms with Gasteiger partial charge in [0, 0.05) is 18.3 Å². The topological polar surface area (TPSA) is 54.2 Å². The van der Waals surface area contributed by atoms with Gasteiger partial charge in [-0.1, -0.05) is 0 Å². The predicted molar refractivity (Wildman–Crippen MR) is 58.1 cm³/mol. The lowest BCUT2D eigenvalue weighted by atomic mass is 10.1. The third-order valence-electron chi connectivity index (χ3n) is 2.94. The van der Waals surface area contributed by atoms with E-state index in [1.807, 2.05) is 6.07 Å². The highest BCUT2D eigenvalue weighted by molar-refractivity contribution is 5.66. The van der Waals surface area contributed by atoms with Gasteiger partial charge in [-0.15, -0.1) is 0 Å². The first-order valence-electron chi connectivity index (χ1n) is 4.89. The van der Waals surface area contributed by atoms with Gasteiger partial charge in [0.05, 0.1) is 24.2 Å². The number of nitrogens with zero attached hydrogens (tertiary/aromatic N) is 2. The molecular formula is C10H16N4. The lowest BCUT2D eigenvalue weighted by molar-refractivity contribution is 0.605. The monoisotopic (exact) mass is 192 g/mol. The predicted octanol–water partition coefficient (Wildman–Crippen LogP) is 0.808. The molecule has 0 aromatic carbocycles. The van der Waals surface area contributed by atoms with Crippen LogP contribution >= 0.6 is 0 Å². The summed E-state index contributed by atoms with van der Waals surface area (Å²) in [6.45, 7) is 5.24. The Balaban J connectivity index is 2.28. The van der Waals surface area contributed by atoms with E-state index in [0.29, 0.717) is 12.1 Å². The summed E-state index contributed by atoms with van der Waals surface area (Å²) < 4.78 is 0. The molecule has 76 valence electrons. The van der Waals surface area contributed by atoms with Crippen LogP contribution in [0.2, 0.25) is 0 Å². The van der Waals surface area contributed by atoms with Crippen LogP contribution < -0.4 is 16.0 Å². The van der Waals surface area contributed by atoms with Gasteiger partial charge in [-0.05, 0) is 19.9 Å². The van der Waals surface area contributed by atoms with Crippen molar-refractivity contribution in [3.63, 3.8) is 0 Å². The van der Waals surface area contributed by atoms with E-state index in [9.17, 15) is 0 Å². The number of hydrogen-bond donors (Lipinski definition) is 2. The Hall–Kier alpha value is -1.29. The second-order valence-electron chi connectivity index (χ2n) is 3.80. The maximum atomic E-state index is 5.88. The number of hydrogen-bond acceptors (Lipinski definition) is 4. The number of anilines is 2. The highest BCUT2D eigenvalue weighted by atomic mass is 15.3. The number of pyridine rings is 1. The zero-order valence-electron chi connectivity index (χ0n) is 8.57. The highest BCUT2D eigenvalue weighted by Crippen LogP contribution is 2.26. The summed E-state index contributed by atoms with van der Waals surface area (Å²) in [7, 11) is 0. The van der Waals surface area contributed by atoms with E-state index in [1.165, 1.54) is 0 Å². The number of rotatable bonds is 1. The maximum absolute atomic E-state index is 5.88. The van der Waals surface area contributed by atoms with Crippen LogP contribution in [0.25, 0.3) is 0 Å². The minimum Gasteiger partial charge on any atom is -0.396 e. The lowest BCUT2D eigenvalue weighted by Gasteiger charge is -2.25. The molecule has 2 unspecified atom stereocenters. The summed E-state index contributed by atoms with van der Waals surface area (Å²) in [5.74, 6) is 0. The van der Waals surface area contributed by atoms with Crippen LogP contribution in [0.5, 0.6) is 0 Å². The molecule has 1 fully saturated rings. The molecule has 4 heteroatoms. The zero-order valence-corrected chi connectivity index (χ0v) is 8.57. The molecule has 2 atom stereocenters. The summed E-state index contributed by atoms with van der Waals surface area (Å²) in [5, 5.41) is 3.39. The quantitative estimate of drug-likeness (QED) is 0.691. The molecule has 3 N–H and O–H groups in total. The third kappa shape index (κ3) is 1.42. The van der Waals surface area contributed by atoms with Gasteiger partial charge in [0.15, 0.2) is 0 Å². The number of aromatic nitrogens is 1. The van der Waals surface area contributed by atoms with Gasteiger partial charge in [-0.25, -0.2) is 0 Å². The van der Waals surface area contributed by atoms with Crippen molar-refractivity contribution in [2.24, 2.45) is 0 Å². The Morgan fingerprint density at radius 3 is 2.93 bits per heavy atom. The Morgan fingerprint density at radius 2 is 2.36 bits per heavy atom. The summed E-state index contributed by atoms with van der Waals surface area (Å²) in [5.41, 5.74) is 7.70. The molecule has 0 radical (unpaired) electrons. The van der Waals surface area contributed by atoms with Gasteiger partial charge in [-0.2, -0.15) is 0 Å². The minimum atomic E-state index is 0.472. The number of nitrogens with one attached hydrogen (secondary N) is 1. The van der Waals surface area contributed by atoms with Crippen molar-refractivity contribution in [3.05, 3.63) is 18.5 Å². The van der Waals surface area contributed by atoms with Crippen molar-refractivity contribution in [2.45, 2.75) is 25.9 Å². The van der Waals surface area contributed by atoms with Gasteiger partial charge in [0.1, 0.15) is 0 Å². The van der Waals surface area contributed by atoms with Crippen LogP contribution in [0.15, 0.2) is 18.5 Å². The van der Waals surface area contributed by atoms with Crippen LogP contribution in [0.4, 0.5) is 11.4 Å². The fourth-order valence-electron chi connectivity index (χ4n) is 1.79. The summed E-state index contributed by atoms with van der Waals surface area (Å²) >= 11 is 0. The fourth-order valence-corrected chi connectivity index (χ4v) is 1.79. The highest BCUT2D eigenvalue weighted by Gasteiger charge is 2.27. The Morgan fingerprint density at radius 1 is 1.57 bits per heavy atom. The molecule has 0 saturated carbocycles. The van der Waals surface area contributed by atoms with Gasteiger partial charge in [0.2, 0.25) is 0 Å². The van der Waals surface area contributed by atoms with Crippen molar-refractivity contribution in [3.8, 4) is 0 Å². The Bertz CT molecular complexity index is 326. The standard InChI is InChI=1S/C10H16N4/c1-7-8(2)14(6-13-7)10-3-4-12-5-9(10)11/h3-5,7-8,13H,6,11H2,1-2H3. The molecule has 1 saturated heterocycles. The number of nitrogen functional groups attached to an aromatic ring is 1. The van der Waals surface area contributed by atoms with Crippen molar-refractivity contribution >= 4 is 11.4 Å². The van der Waals surface area contributed by atoms with E-state index in [-0.39, 0.29) is 0 Å². The minimum absolute atomic E-state index is 0.472. The van der Waals surface area contributed by atoms with E-state index in [2.05, 4.69) is 29.0 Å². The second-order valence-corrected chi connectivity index (χ2v) is 3.80. The van der Waals surface area contributed by atoms with Gasteiger partial charge in [-0.3, -0.25) is 10.3 Å². The SMILES string of the molecule is CC1NCN(c2ccncc2N)C1C. The van der Waals surface area contributed by atoms with E-state index in [4.69, 9.17) is 5.73 Å². The molecule has 1 aliphatic rings. The molecule has 0 spiro atoms. The van der Waals surface area contributed by atoms with Crippen molar-refractivity contribution in [2.75, 3.05) is 17.3 Å². The molecule has 2 rings (SSSR count). The summed E-state index contributed by atoms with van der Waals surface area (Å²) in [6, 6.07) is 2.94. The molecule has 14 heavy (non-hydrogen) atoms. The summed E-state index contributed by atoms with van der Waals surface area (Å²) in [6.07, 6.45) is 3.48. The van der Waals surface area contributed by atoms with Crippen LogP contribution in [0, 0.1) is 0 Å². The van der Waals surface area contributed by atoms with Crippen LogP contribution in [-0.2, 0) is 0 Å². The van der Waals surface area contributed by atoms with Crippen LogP contribution in [0.3, 0.4) is 0 Å². The zero-order chi connectivity index (χ0) is 10.1. The first kappa shape index (κ1) is 9.27. The van der Waals surface area contributed by atoms with Crippen molar-refractivity contribution in [1.29, 1.82) is 0 Å². The molecule has 0 bridgehead atoms. The van der Waals surface area contributed by atoms with Crippen molar-refractivity contribution in [1.82, 2.24) is 10.3 Å². The van der Waals surface area contributed by atoms with E-state index >= 15 is 0 Å². The Kier molecular flexibility index (Phi) is 2.29.